The number of aryl methyl sites for hydroxylation is 2. The largest absolute Gasteiger partial charge is 0.346 e. The van der Waals surface area contributed by atoms with Gasteiger partial charge in [-0.3, -0.25) is 4.57 Å². The van der Waals surface area contributed by atoms with Gasteiger partial charge in [-0.05, 0) is 40.0 Å². The number of tetrazole rings is 1. The van der Waals surface area contributed by atoms with Gasteiger partial charge in [-0.15, -0.1) is 17.4 Å². The lowest BCUT2D eigenvalue weighted by Crippen LogP contribution is -2.27. The van der Waals surface area contributed by atoms with Crippen LogP contribution in [0.15, 0.2) is 59.7 Å². The minimum absolute atomic E-state index is 0.0501. The number of benzene rings is 2. The van der Waals surface area contributed by atoms with Crippen LogP contribution in [0.25, 0.3) is 16.8 Å². The highest BCUT2D eigenvalue weighted by molar-refractivity contribution is 5.72. The molecule has 8 heteroatoms. The smallest absolute Gasteiger partial charge is 0.274 e. The highest BCUT2D eigenvalue weighted by Gasteiger charge is 2.17. The summed E-state index contributed by atoms with van der Waals surface area (Å²) in [5, 5.41) is 16.2. The van der Waals surface area contributed by atoms with E-state index in [4.69, 9.17) is 6.42 Å². The van der Waals surface area contributed by atoms with Gasteiger partial charge in [0.05, 0.1) is 12.2 Å². The molecule has 1 fully saturated rings. The van der Waals surface area contributed by atoms with Crippen LogP contribution in [-0.4, -0.2) is 34.6 Å². The van der Waals surface area contributed by atoms with Crippen molar-refractivity contribution in [3.63, 3.8) is 0 Å². The summed E-state index contributed by atoms with van der Waals surface area (Å²) < 4.78 is 5.09. The van der Waals surface area contributed by atoms with E-state index in [-0.39, 0.29) is 5.69 Å². The lowest BCUT2D eigenvalue weighted by molar-refractivity contribution is 0.316. The van der Waals surface area contributed by atoms with E-state index >= 15 is 0 Å². The first-order valence-electron chi connectivity index (χ1n) is 12.7. The van der Waals surface area contributed by atoms with E-state index in [1.165, 1.54) is 32.1 Å². The summed E-state index contributed by atoms with van der Waals surface area (Å²) in [4.78, 5) is 13.3. The molecule has 0 bridgehead atoms. The van der Waals surface area contributed by atoms with Gasteiger partial charge < -0.3 is 0 Å². The van der Waals surface area contributed by atoms with E-state index in [0.29, 0.717) is 31.8 Å². The third-order valence-corrected chi connectivity index (χ3v) is 7.07. The van der Waals surface area contributed by atoms with Gasteiger partial charge in [0.2, 0.25) is 0 Å². The van der Waals surface area contributed by atoms with Crippen molar-refractivity contribution in [3.8, 4) is 29.2 Å². The third-order valence-electron chi connectivity index (χ3n) is 7.07. The highest BCUT2D eigenvalue weighted by Crippen LogP contribution is 2.27. The molecule has 1 aliphatic carbocycles. The normalized spacial score (nSPS) is 14.1. The molecule has 0 atom stereocenters. The predicted octanol–water partition coefficient (Wildman–Crippen LogP) is 4.27. The second kappa shape index (κ2) is 11.2. The maximum atomic E-state index is 13.3. The molecule has 2 aromatic heterocycles. The fourth-order valence-electron chi connectivity index (χ4n) is 5.10. The van der Waals surface area contributed by atoms with Crippen molar-refractivity contribution in [3.05, 3.63) is 76.7 Å². The van der Waals surface area contributed by atoms with Crippen LogP contribution in [0.4, 0.5) is 0 Å². The first-order chi connectivity index (χ1) is 17.7. The molecule has 0 unspecified atom stereocenters. The molecule has 1 saturated carbocycles. The molecule has 0 saturated heterocycles. The van der Waals surface area contributed by atoms with Crippen LogP contribution in [0.1, 0.15) is 56.3 Å². The van der Waals surface area contributed by atoms with Crippen LogP contribution < -0.4 is 5.69 Å². The predicted molar refractivity (Wildman–Crippen MR) is 139 cm³/mol. The number of hydrogen-bond donors (Lipinski definition) is 0. The Morgan fingerprint density at radius 1 is 1.03 bits per heavy atom. The lowest BCUT2D eigenvalue weighted by atomic mass is 9.87. The Labute approximate surface area is 211 Å². The molecule has 0 amide bonds. The summed E-state index contributed by atoms with van der Waals surface area (Å²) in [5.41, 5.74) is 3.97. The van der Waals surface area contributed by atoms with Crippen LogP contribution in [0, 0.1) is 18.3 Å². The Bertz CT molecular complexity index is 1370. The van der Waals surface area contributed by atoms with Crippen LogP contribution >= 0.6 is 0 Å². The van der Waals surface area contributed by atoms with Gasteiger partial charge in [0.15, 0.2) is 0 Å². The Morgan fingerprint density at radius 2 is 1.83 bits per heavy atom. The van der Waals surface area contributed by atoms with Gasteiger partial charge in [0, 0.05) is 24.9 Å². The molecule has 2 heterocycles. The van der Waals surface area contributed by atoms with Crippen LogP contribution in [-0.2, 0) is 19.5 Å². The number of hydrogen-bond acceptors (Lipinski definition) is 5. The quantitative estimate of drug-likeness (QED) is 0.333. The molecule has 0 aliphatic heterocycles. The Hall–Kier alpha value is -3.99. The summed E-state index contributed by atoms with van der Waals surface area (Å²) >= 11 is 0. The standard InChI is InChI=1S/C28H31N7O/c1-2-3-13-27-30-34(19-18-22-9-5-4-6-10-22)28(36)33(27)20-23-14-16-24(17-15-23)25-11-7-8-12-26(25)35-21-29-31-32-35/h1,7-8,11-12,14-17,21-22H,3-6,9-10,13,18-20H2. The van der Waals surface area contributed by atoms with Crippen LogP contribution in [0.2, 0.25) is 0 Å². The second-order valence-corrected chi connectivity index (χ2v) is 9.47. The van der Waals surface area contributed by atoms with E-state index in [2.05, 4.69) is 50.8 Å². The number of para-hydroxylation sites is 1. The summed E-state index contributed by atoms with van der Waals surface area (Å²) in [6.07, 6.45) is 15.7. The number of aromatic nitrogens is 7. The van der Waals surface area contributed by atoms with Crippen molar-refractivity contribution in [1.29, 1.82) is 0 Å². The van der Waals surface area contributed by atoms with Gasteiger partial charge >= 0.3 is 5.69 Å². The average molecular weight is 482 g/mol. The van der Waals surface area contributed by atoms with Crippen molar-refractivity contribution < 1.29 is 0 Å². The molecule has 0 radical (unpaired) electrons. The Morgan fingerprint density at radius 3 is 2.58 bits per heavy atom. The number of rotatable bonds is 9. The molecular weight excluding hydrogens is 450 g/mol. The zero-order chi connectivity index (χ0) is 24.7. The molecule has 2 aromatic carbocycles. The summed E-state index contributed by atoms with van der Waals surface area (Å²) in [5.74, 6) is 4.14. The van der Waals surface area contributed by atoms with E-state index in [1.54, 1.807) is 20.3 Å². The zero-order valence-corrected chi connectivity index (χ0v) is 20.5. The number of nitrogens with zero attached hydrogens (tertiary/aromatic N) is 7. The molecule has 4 aromatic rings. The van der Waals surface area contributed by atoms with Crippen molar-refractivity contribution in [1.82, 2.24) is 34.6 Å². The maximum absolute atomic E-state index is 13.3. The van der Waals surface area contributed by atoms with Crippen molar-refractivity contribution in [2.45, 2.75) is 64.5 Å². The molecule has 36 heavy (non-hydrogen) atoms. The van der Waals surface area contributed by atoms with Crippen molar-refractivity contribution in [2.24, 2.45) is 5.92 Å². The summed E-state index contributed by atoms with van der Waals surface area (Å²) in [7, 11) is 0. The monoisotopic (exact) mass is 481 g/mol. The van der Waals surface area contributed by atoms with Crippen molar-refractivity contribution >= 4 is 0 Å². The minimum atomic E-state index is -0.0501. The van der Waals surface area contributed by atoms with E-state index in [9.17, 15) is 4.79 Å². The average Bonchev–Trinajstić information content (AvgIpc) is 3.56. The Kier molecular flexibility index (Phi) is 7.36. The fraction of sp³-hybridized carbons (Fsp3) is 0.393. The van der Waals surface area contributed by atoms with Gasteiger partial charge in [0.25, 0.3) is 0 Å². The lowest BCUT2D eigenvalue weighted by Gasteiger charge is -2.20. The summed E-state index contributed by atoms with van der Waals surface area (Å²) in [6.45, 7) is 1.14. The van der Waals surface area contributed by atoms with E-state index in [1.807, 2.05) is 24.3 Å². The topological polar surface area (TPSA) is 83.4 Å². The zero-order valence-electron chi connectivity index (χ0n) is 20.5. The first-order valence-corrected chi connectivity index (χ1v) is 12.7. The maximum Gasteiger partial charge on any atom is 0.346 e. The fourth-order valence-corrected chi connectivity index (χ4v) is 5.10. The van der Waals surface area contributed by atoms with Gasteiger partial charge in [-0.2, -0.15) is 9.78 Å². The van der Waals surface area contributed by atoms with E-state index in [0.717, 1.165) is 34.6 Å². The SMILES string of the molecule is C#CCCc1nn(CCC2CCCCC2)c(=O)n1Cc1ccc(-c2ccccc2-n2cnnn2)cc1. The molecule has 0 N–H and O–H groups in total. The summed E-state index contributed by atoms with van der Waals surface area (Å²) in [6, 6.07) is 16.2. The molecule has 1 aliphatic rings. The van der Waals surface area contributed by atoms with E-state index < -0.39 is 0 Å². The third kappa shape index (κ3) is 5.30. The van der Waals surface area contributed by atoms with Gasteiger partial charge in [0.1, 0.15) is 12.2 Å². The number of terminal acetylenes is 1. The molecular formula is C28H31N7O. The molecule has 5 rings (SSSR count). The van der Waals surface area contributed by atoms with Crippen molar-refractivity contribution in [2.75, 3.05) is 0 Å². The molecule has 184 valence electrons. The molecule has 8 nitrogen and oxygen atoms in total. The minimum Gasteiger partial charge on any atom is -0.274 e. The van der Waals surface area contributed by atoms with Crippen LogP contribution in [0.3, 0.4) is 0 Å². The van der Waals surface area contributed by atoms with Crippen LogP contribution in [0.5, 0.6) is 0 Å². The first kappa shape index (κ1) is 23.7. The molecule has 0 spiro atoms. The highest BCUT2D eigenvalue weighted by atomic mass is 16.2. The van der Waals surface area contributed by atoms with Gasteiger partial charge in [-0.25, -0.2) is 9.48 Å². The van der Waals surface area contributed by atoms with Gasteiger partial charge in [-0.1, -0.05) is 74.6 Å². The Balaban J connectivity index is 1.36. The second-order valence-electron chi connectivity index (χ2n) is 9.47.